The summed E-state index contributed by atoms with van der Waals surface area (Å²) in [6.07, 6.45) is 4.34. The first kappa shape index (κ1) is 18.4. The maximum Gasteiger partial charge on any atom is 0.322 e. The molecular weight excluding hydrogens is 402 g/mol. The van der Waals surface area contributed by atoms with Crippen LogP contribution in [0.2, 0.25) is 5.02 Å². The first-order valence-corrected chi connectivity index (χ1v) is 8.62. The van der Waals surface area contributed by atoms with Crippen molar-refractivity contribution in [2.45, 2.75) is 0 Å². The largest absolute Gasteiger partial charge is 0.480 e. The van der Waals surface area contributed by atoms with E-state index in [4.69, 9.17) is 21.4 Å². The molecule has 3 aromatic heterocycles. The molecule has 10 nitrogen and oxygen atoms in total. The van der Waals surface area contributed by atoms with Crippen LogP contribution in [0.1, 0.15) is 10.4 Å². The predicted octanol–water partition coefficient (Wildman–Crippen LogP) is 1.83. The molecule has 0 radical (unpaired) electrons. The van der Waals surface area contributed by atoms with E-state index in [2.05, 4.69) is 20.4 Å². The summed E-state index contributed by atoms with van der Waals surface area (Å²) in [4.78, 5) is 43.6. The molecule has 0 aliphatic carbocycles. The highest BCUT2D eigenvalue weighted by atomic mass is 35.5. The van der Waals surface area contributed by atoms with E-state index in [0.29, 0.717) is 21.5 Å². The fourth-order valence-electron chi connectivity index (χ4n) is 2.83. The average molecular weight is 414 g/mol. The van der Waals surface area contributed by atoms with Gasteiger partial charge in [0.25, 0.3) is 5.91 Å². The number of carboxylic acids is 1. The van der Waals surface area contributed by atoms with Gasteiger partial charge in [-0.05, 0) is 6.07 Å². The number of hydrogen-bond donors (Lipinski definition) is 3. The highest BCUT2D eigenvalue weighted by Crippen LogP contribution is 2.32. The van der Waals surface area contributed by atoms with Gasteiger partial charge < -0.3 is 15.2 Å². The van der Waals surface area contributed by atoms with Crippen LogP contribution in [0.3, 0.4) is 0 Å². The van der Waals surface area contributed by atoms with Crippen molar-refractivity contribution in [2.24, 2.45) is 0 Å². The first-order valence-electron chi connectivity index (χ1n) is 8.25. The molecule has 0 atom stereocenters. The Balaban J connectivity index is 1.79. The number of rotatable bonds is 5. The lowest BCUT2D eigenvalue weighted by atomic mass is 10.1. The minimum absolute atomic E-state index is 0.0124. The summed E-state index contributed by atoms with van der Waals surface area (Å²) in [6.45, 7) is -0.629. The molecule has 146 valence electrons. The van der Waals surface area contributed by atoms with Gasteiger partial charge in [0.1, 0.15) is 18.4 Å². The molecule has 0 bridgehead atoms. The molecule has 0 spiro atoms. The normalized spacial score (nSPS) is 10.9. The fourth-order valence-corrected chi connectivity index (χ4v) is 3.05. The zero-order valence-corrected chi connectivity index (χ0v) is 15.3. The number of H-pyrrole nitrogens is 1. The van der Waals surface area contributed by atoms with Crippen LogP contribution in [0, 0.1) is 0 Å². The van der Waals surface area contributed by atoms with Gasteiger partial charge in [-0.25, -0.2) is 9.50 Å². The lowest BCUT2D eigenvalue weighted by molar-refractivity contribution is -0.135. The molecule has 3 heterocycles. The molecule has 3 N–H and O–H groups in total. The minimum atomic E-state index is -1.24. The molecule has 0 saturated carbocycles. The Bertz CT molecular complexity index is 1330. The Morgan fingerprint density at radius 1 is 1.28 bits per heavy atom. The van der Waals surface area contributed by atoms with Crippen LogP contribution in [0.4, 0.5) is 0 Å². The van der Waals surface area contributed by atoms with Crippen molar-refractivity contribution in [3.63, 3.8) is 0 Å². The molecule has 0 fully saturated rings. The fraction of sp³-hybridized carbons (Fsp3) is 0.0556. The zero-order chi connectivity index (χ0) is 20.5. The number of aromatic amines is 1. The van der Waals surface area contributed by atoms with E-state index < -0.39 is 23.9 Å². The van der Waals surface area contributed by atoms with Crippen molar-refractivity contribution in [3.05, 3.63) is 63.8 Å². The maximum atomic E-state index is 12.6. The third-order valence-corrected chi connectivity index (χ3v) is 4.42. The van der Waals surface area contributed by atoms with E-state index in [0.717, 1.165) is 6.07 Å². The summed E-state index contributed by atoms with van der Waals surface area (Å²) in [5, 5.41) is 15.5. The van der Waals surface area contributed by atoms with Crippen LogP contribution in [-0.4, -0.2) is 43.1 Å². The average Bonchev–Trinajstić information content (AvgIpc) is 3.17. The van der Waals surface area contributed by atoms with Crippen LogP contribution < -0.4 is 15.5 Å². The van der Waals surface area contributed by atoms with Crippen LogP contribution in [0.25, 0.3) is 16.4 Å². The topological polar surface area (TPSA) is 139 Å². The SMILES string of the molecule is O=C(O)CNC(=O)c1c(=O)cc(Oc2cncc3c(Cl)cccc23)n2[nH]cnc12. The molecule has 1 amide bonds. The van der Waals surface area contributed by atoms with E-state index in [1.165, 1.54) is 17.0 Å². The Morgan fingerprint density at radius 3 is 2.90 bits per heavy atom. The van der Waals surface area contributed by atoms with Crippen LogP contribution in [0.5, 0.6) is 11.6 Å². The summed E-state index contributed by atoms with van der Waals surface area (Å²) >= 11 is 6.19. The second-order valence-corrected chi connectivity index (χ2v) is 6.33. The molecule has 4 rings (SSSR count). The summed E-state index contributed by atoms with van der Waals surface area (Å²) in [5.41, 5.74) is -0.998. The number of amides is 1. The number of nitrogens with one attached hydrogen (secondary N) is 2. The molecular formula is C18H12ClN5O5. The van der Waals surface area contributed by atoms with Crippen molar-refractivity contribution in [2.75, 3.05) is 6.54 Å². The van der Waals surface area contributed by atoms with Gasteiger partial charge >= 0.3 is 5.97 Å². The van der Waals surface area contributed by atoms with Gasteiger partial charge in [0, 0.05) is 23.0 Å². The summed E-state index contributed by atoms with van der Waals surface area (Å²) in [7, 11) is 0. The number of nitrogens with zero attached hydrogens (tertiary/aromatic N) is 3. The second-order valence-electron chi connectivity index (χ2n) is 5.92. The molecule has 0 aliphatic rings. The molecule has 0 aliphatic heterocycles. The van der Waals surface area contributed by atoms with Crippen molar-refractivity contribution >= 4 is 39.9 Å². The number of benzene rings is 1. The highest BCUT2D eigenvalue weighted by Gasteiger charge is 2.21. The first-order chi connectivity index (χ1) is 14.0. The van der Waals surface area contributed by atoms with E-state index in [-0.39, 0.29) is 17.1 Å². The lowest BCUT2D eigenvalue weighted by Gasteiger charge is -2.11. The van der Waals surface area contributed by atoms with Gasteiger partial charge in [-0.1, -0.05) is 23.7 Å². The molecule has 1 aromatic carbocycles. The van der Waals surface area contributed by atoms with Gasteiger partial charge in [0.05, 0.1) is 11.2 Å². The monoisotopic (exact) mass is 413 g/mol. The minimum Gasteiger partial charge on any atom is -0.480 e. The number of halogens is 1. The van der Waals surface area contributed by atoms with Gasteiger partial charge in [-0.3, -0.25) is 24.5 Å². The Kier molecular flexibility index (Phi) is 4.61. The summed E-state index contributed by atoms with van der Waals surface area (Å²) in [5.74, 6) is -1.69. The number of aromatic nitrogens is 4. The third kappa shape index (κ3) is 3.36. The lowest BCUT2D eigenvalue weighted by Crippen LogP contribution is -2.33. The van der Waals surface area contributed by atoms with Crippen molar-refractivity contribution < 1.29 is 19.4 Å². The van der Waals surface area contributed by atoms with E-state index in [9.17, 15) is 14.4 Å². The van der Waals surface area contributed by atoms with Crippen molar-refractivity contribution in [3.8, 4) is 11.6 Å². The van der Waals surface area contributed by atoms with Gasteiger partial charge in [-0.2, -0.15) is 0 Å². The van der Waals surface area contributed by atoms with E-state index in [1.54, 1.807) is 24.4 Å². The third-order valence-electron chi connectivity index (χ3n) is 4.09. The van der Waals surface area contributed by atoms with Crippen LogP contribution >= 0.6 is 11.6 Å². The van der Waals surface area contributed by atoms with Gasteiger partial charge in [0.2, 0.25) is 11.3 Å². The molecule has 29 heavy (non-hydrogen) atoms. The number of carbonyl (C=O) groups is 2. The Hall–Kier alpha value is -3.92. The molecule has 4 aromatic rings. The van der Waals surface area contributed by atoms with Crippen molar-refractivity contribution in [1.29, 1.82) is 0 Å². The maximum absolute atomic E-state index is 12.6. The van der Waals surface area contributed by atoms with Gasteiger partial charge in [0.15, 0.2) is 11.4 Å². The van der Waals surface area contributed by atoms with Gasteiger partial charge in [-0.15, -0.1) is 0 Å². The number of carboxylic acid groups (broad SMARTS) is 1. The number of fused-ring (bicyclic) bond motifs is 2. The van der Waals surface area contributed by atoms with Crippen molar-refractivity contribution in [1.82, 2.24) is 24.9 Å². The molecule has 0 saturated heterocycles. The zero-order valence-electron chi connectivity index (χ0n) is 14.5. The number of hydrogen-bond acceptors (Lipinski definition) is 6. The van der Waals surface area contributed by atoms with E-state index >= 15 is 0 Å². The smallest absolute Gasteiger partial charge is 0.322 e. The summed E-state index contributed by atoms with van der Waals surface area (Å²) in [6, 6.07) is 6.37. The second kappa shape index (κ2) is 7.24. The highest BCUT2D eigenvalue weighted by molar-refractivity contribution is 6.35. The van der Waals surface area contributed by atoms with Crippen LogP contribution in [0.15, 0.2) is 47.8 Å². The number of ether oxygens (including phenoxy) is 1. The Morgan fingerprint density at radius 2 is 2.10 bits per heavy atom. The predicted molar refractivity (Wildman–Crippen MR) is 103 cm³/mol. The number of pyridine rings is 2. The number of carbonyl (C=O) groups excluding carboxylic acids is 1. The van der Waals surface area contributed by atoms with E-state index in [1.807, 2.05) is 0 Å². The molecule has 11 heteroatoms. The van der Waals surface area contributed by atoms with Crippen LogP contribution in [-0.2, 0) is 4.79 Å². The molecule has 0 unspecified atom stereocenters. The number of aliphatic carboxylic acids is 1. The standard InChI is InChI=1S/C18H12ClN5O5/c19-11-3-1-2-9-10(11)5-20-6-13(9)29-14-4-12(25)16(17-22-8-23-24(14)17)18(28)21-7-15(26)27/h1-6,8H,7H2,(H,21,28)(H,22,23)(H,26,27). The quantitative estimate of drug-likeness (QED) is 0.453. The summed E-state index contributed by atoms with van der Waals surface area (Å²) < 4.78 is 7.17. The Labute approximate surface area is 166 Å².